The SMILES string of the molecule is C=C/C=C(/C(N)=O)C1C(c2ccccc2)C1(F)F. The predicted molar refractivity (Wildman–Crippen MR) is 65.1 cm³/mol. The molecule has 1 saturated carbocycles. The van der Waals surface area contributed by atoms with E-state index in [1.807, 2.05) is 0 Å². The van der Waals surface area contributed by atoms with Crippen molar-refractivity contribution in [3.05, 3.63) is 60.2 Å². The Morgan fingerprint density at radius 3 is 2.44 bits per heavy atom. The maximum atomic E-state index is 13.8. The van der Waals surface area contributed by atoms with Gasteiger partial charge in [-0.1, -0.05) is 49.1 Å². The van der Waals surface area contributed by atoms with E-state index < -0.39 is 23.7 Å². The number of allylic oxidation sites excluding steroid dienone is 2. The van der Waals surface area contributed by atoms with Gasteiger partial charge in [0, 0.05) is 5.57 Å². The minimum atomic E-state index is -2.93. The summed E-state index contributed by atoms with van der Waals surface area (Å²) in [5, 5.41) is 0. The molecule has 94 valence electrons. The molecule has 0 bridgehead atoms. The lowest BCUT2D eigenvalue weighted by molar-refractivity contribution is -0.115. The molecule has 0 aliphatic heterocycles. The monoisotopic (exact) mass is 249 g/mol. The van der Waals surface area contributed by atoms with Gasteiger partial charge in [0.05, 0.1) is 11.8 Å². The number of amides is 1. The van der Waals surface area contributed by atoms with Gasteiger partial charge < -0.3 is 5.73 Å². The second kappa shape index (κ2) is 4.37. The van der Waals surface area contributed by atoms with E-state index in [4.69, 9.17) is 5.73 Å². The fraction of sp³-hybridized carbons (Fsp3) is 0.214. The smallest absolute Gasteiger partial charge is 0.263 e. The maximum absolute atomic E-state index is 13.8. The van der Waals surface area contributed by atoms with E-state index in [1.165, 1.54) is 12.2 Å². The fourth-order valence-electron chi connectivity index (χ4n) is 2.25. The molecule has 18 heavy (non-hydrogen) atoms. The van der Waals surface area contributed by atoms with Crippen LogP contribution < -0.4 is 5.73 Å². The second-order valence-corrected chi connectivity index (χ2v) is 4.26. The zero-order valence-corrected chi connectivity index (χ0v) is 9.64. The van der Waals surface area contributed by atoms with Gasteiger partial charge in [-0.2, -0.15) is 0 Å². The van der Waals surface area contributed by atoms with Crippen LogP contribution in [-0.2, 0) is 4.79 Å². The number of alkyl halides is 2. The first-order chi connectivity index (χ1) is 8.50. The van der Waals surface area contributed by atoms with Crippen molar-refractivity contribution in [2.24, 2.45) is 11.7 Å². The van der Waals surface area contributed by atoms with Crippen molar-refractivity contribution >= 4 is 5.91 Å². The molecule has 0 radical (unpaired) electrons. The van der Waals surface area contributed by atoms with Gasteiger partial charge in [-0.05, 0) is 5.56 Å². The first kappa shape index (κ1) is 12.5. The number of hydrogen-bond acceptors (Lipinski definition) is 1. The molecule has 1 aromatic carbocycles. The second-order valence-electron chi connectivity index (χ2n) is 4.26. The highest BCUT2D eigenvalue weighted by Gasteiger charge is 2.70. The minimum absolute atomic E-state index is 0.0659. The van der Waals surface area contributed by atoms with Crippen molar-refractivity contribution in [2.45, 2.75) is 11.8 Å². The largest absolute Gasteiger partial charge is 0.366 e. The summed E-state index contributed by atoms with van der Waals surface area (Å²) in [4.78, 5) is 11.2. The highest BCUT2D eigenvalue weighted by Crippen LogP contribution is 2.64. The van der Waals surface area contributed by atoms with Gasteiger partial charge in [-0.15, -0.1) is 0 Å². The van der Waals surface area contributed by atoms with Crippen molar-refractivity contribution in [3.63, 3.8) is 0 Å². The molecule has 2 unspecified atom stereocenters. The molecule has 1 amide bonds. The summed E-state index contributed by atoms with van der Waals surface area (Å²) < 4.78 is 27.6. The number of carbonyl (C=O) groups excluding carboxylic acids is 1. The fourth-order valence-corrected chi connectivity index (χ4v) is 2.25. The molecule has 2 N–H and O–H groups in total. The van der Waals surface area contributed by atoms with Gasteiger partial charge in [0.15, 0.2) is 0 Å². The van der Waals surface area contributed by atoms with Crippen LogP contribution in [0, 0.1) is 5.92 Å². The molecule has 1 aliphatic carbocycles. The van der Waals surface area contributed by atoms with Crippen molar-refractivity contribution in [1.82, 2.24) is 0 Å². The number of halogens is 2. The minimum Gasteiger partial charge on any atom is -0.366 e. The van der Waals surface area contributed by atoms with Gasteiger partial charge in [0.1, 0.15) is 0 Å². The van der Waals surface area contributed by atoms with Crippen molar-refractivity contribution in [2.75, 3.05) is 0 Å². The molecule has 0 aromatic heterocycles. The number of benzene rings is 1. The summed E-state index contributed by atoms with van der Waals surface area (Å²) in [7, 11) is 0. The van der Waals surface area contributed by atoms with E-state index in [0.717, 1.165) is 0 Å². The van der Waals surface area contributed by atoms with Crippen LogP contribution >= 0.6 is 0 Å². The summed E-state index contributed by atoms with van der Waals surface area (Å²) in [6, 6.07) is 8.41. The lowest BCUT2D eigenvalue weighted by Gasteiger charge is -2.00. The van der Waals surface area contributed by atoms with Crippen molar-refractivity contribution in [3.8, 4) is 0 Å². The van der Waals surface area contributed by atoms with Crippen LogP contribution in [0.1, 0.15) is 11.5 Å². The van der Waals surface area contributed by atoms with E-state index in [-0.39, 0.29) is 5.57 Å². The Morgan fingerprint density at radius 2 is 1.94 bits per heavy atom. The molecular formula is C14H13F2NO. The quantitative estimate of drug-likeness (QED) is 0.647. The molecule has 0 saturated heterocycles. The van der Waals surface area contributed by atoms with E-state index in [9.17, 15) is 13.6 Å². The van der Waals surface area contributed by atoms with Crippen LogP contribution in [0.3, 0.4) is 0 Å². The zero-order chi connectivity index (χ0) is 13.3. The van der Waals surface area contributed by atoms with Gasteiger partial charge in [-0.3, -0.25) is 4.79 Å². The molecule has 1 aliphatic rings. The lowest BCUT2D eigenvalue weighted by Crippen LogP contribution is -2.17. The number of rotatable bonds is 4. The molecule has 0 heterocycles. The Morgan fingerprint density at radius 1 is 1.33 bits per heavy atom. The number of primary amides is 1. The molecule has 0 spiro atoms. The lowest BCUT2D eigenvalue weighted by atomic mass is 10.0. The van der Waals surface area contributed by atoms with Gasteiger partial charge in [0.25, 0.3) is 5.92 Å². The highest BCUT2D eigenvalue weighted by atomic mass is 19.3. The summed E-state index contributed by atoms with van der Waals surface area (Å²) in [6.45, 7) is 3.41. The van der Waals surface area contributed by atoms with E-state index in [2.05, 4.69) is 6.58 Å². The first-order valence-electron chi connectivity index (χ1n) is 5.55. The molecular weight excluding hydrogens is 236 g/mol. The van der Waals surface area contributed by atoms with E-state index in [0.29, 0.717) is 5.56 Å². The third-order valence-electron chi connectivity index (χ3n) is 3.13. The molecule has 1 fully saturated rings. The van der Waals surface area contributed by atoms with Crippen LogP contribution in [0.2, 0.25) is 0 Å². The van der Waals surface area contributed by atoms with Crippen LogP contribution in [0.25, 0.3) is 0 Å². The van der Waals surface area contributed by atoms with Gasteiger partial charge >= 0.3 is 0 Å². The Balaban J connectivity index is 2.34. The Hall–Kier alpha value is -1.97. The Bertz CT molecular complexity index is 508. The molecule has 2 nitrogen and oxygen atoms in total. The van der Waals surface area contributed by atoms with Crippen molar-refractivity contribution in [1.29, 1.82) is 0 Å². The van der Waals surface area contributed by atoms with E-state index in [1.54, 1.807) is 30.3 Å². The number of carbonyl (C=O) groups is 1. The van der Waals surface area contributed by atoms with Crippen LogP contribution in [0.5, 0.6) is 0 Å². The van der Waals surface area contributed by atoms with Gasteiger partial charge in [0.2, 0.25) is 5.91 Å². The topological polar surface area (TPSA) is 43.1 Å². The molecule has 2 atom stereocenters. The number of hydrogen-bond donors (Lipinski definition) is 1. The van der Waals surface area contributed by atoms with Crippen LogP contribution in [-0.4, -0.2) is 11.8 Å². The van der Waals surface area contributed by atoms with Crippen molar-refractivity contribution < 1.29 is 13.6 Å². The summed E-state index contributed by atoms with van der Waals surface area (Å²) in [5.74, 6) is -5.86. The highest BCUT2D eigenvalue weighted by molar-refractivity contribution is 5.94. The predicted octanol–water partition coefficient (Wildman–Crippen LogP) is 2.63. The first-order valence-corrected chi connectivity index (χ1v) is 5.55. The van der Waals surface area contributed by atoms with Crippen LogP contribution in [0.15, 0.2) is 54.6 Å². The maximum Gasteiger partial charge on any atom is 0.263 e. The van der Waals surface area contributed by atoms with E-state index >= 15 is 0 Å². The average molecular weight is 249 g/mol. The summed E-state index contributed by atoms with van der Waals surface area (Å²) >= 11 is 0. The third kappa shape index (κ3) is 1.94. The summed E-state index contributed by atoms with van der Waals surface area (Å²) in [5.41, 5.74) is 5.59. The zero-order valence-electron chi connectivity index (χ0n) is 9.64. The molecule has 2 rings (SSSR count). The normalized spacial score (nSPS) is 25.6. The Kier molecular flexibility index (Phi) is 3.03. The molecule has 4 heteroatoms. The Labute approximate surface area is 104 Å². The third-order valence-corrected chi connectivity index (χ3v) is 3.13. The van der Waals surface area contributed by atoms with Gasteiger partial charge in [-0.25, -0.2) is 8.78 Å². The van der Waals surface area contributed by atoms with Crippen LogP contribution in [0.4, 0.5) is 8.78 Å². The summed E-state index contributed by atoms with van der Waals surface area (Å²) in [6.07, 6.45) is 2.57. The molecule has 1 aromatic rings. The number of nitrogens with two attached hydrogens (primary N) is 1. The average Bonchev–Trinajstić information content (AvgIpc) is 2.89. The standard InChI is InChI=1S/C14H13F2NO/c1-2-6-10(13(17)18)12-11(14(12,15)16)9-7-4-3-5-8-9/h2-8,11-12H,1H2,(H2,17,18)/b10-6+.